The maximum atomic E-state index is 12.3. The van der Waals surface area contributed by atoms with E-state index in [2.05, 4.69) is 30.3 Å². The first-order valence-corrected chi connectivity index (χ1v) is 8.78. The zero-order valence-corrected chi connectivity index (χ0v) is 14.8. The van der Waals surface area contributed by atoms with E-state index < -0.39 is 11.4 Å². The second-order valence-corrected chi connectivity index (χ2v) is 6.93. The highest BCUT2D eigenvalue weighted by Crippen LogP contribution is 2.35. The molecule has 0 saturated heterocycles. The highest BCUT2D eigenvalue weighted by atomic mass is 32.2. The third-order valence-electron chi connectivity index (χ3n) is 3.96. The highest BCUT2D eigenvalue weighted by Gasteiger charge is 2.29. The number of anilines is 1. The molecule has 2 heterocycles. The van der Waals surface area contributed by atoms with Gasteiger partial charge in [-0.3, -0.25) is 9.79 Å². The Labute approximate surface area is 153 Å². The van der Waals surface area contributed by atoms with Crippen LogP contribution in [0.4, 0.5) is 11.5 Å². The number of hydrogen-bond acceptors (Lipinski definition) is 8. The maximum absolute atomic E-state index is 12.3. The molecule has 132 valence electrons. The molecule has 0 fully saturated rings. The number of aromatic nitrogens is 2. The van der Waals surface area contributed by atoms with Crippen molar-refractivity contribution in [1.82, 2.24) is 14.9 Å². The summed E-state index contributed by atoms with van der Waals surface area (Å²) < 4.78 is 0. The number of carbonyl (C=O) groups is 1. The third-order valence-corrected chi connectivity index (χ3v) is 4.76. The minimum Gasteiger partial charge on any atom is -0.379 e. The van der Waals surface area contributed by atoms with Crippen molar-refractivity contribution in [3.8, 4) is 0 Å². The van der Waals surface area contributed by atoms with E-state index in [1.165, 1.54) is 12.4 Å². The number of amidine groups is 1. The van der Waals surface area contributed by atoms with E-state index in [9.17, 15) is 4.79 Å². The molecule has 0 aliphatic carbocycles. The first-order chi connectivity index (χ1) is 12.5. The lowest BCUT2D eigenvalue weighted by Crippen LogP contribution is -2.28. The van der Waals surface area contributed by atoms with E-state index in [-0.39, 0.29) is 11.5 Å². The van der Waals surface area contributed by atoms with Crippen LogP contribution in [0.3, 0.4) is 0 Å². The van der Waals surface area contributed by atoms with E-state index in [1.54, 1.807) is 17.8 Å². The summed E-state index contributed by atoms with van der Waals surface area (Å²) in [5.74, 6) is 0.675. The van der Waals surface area contributed by atoms with Gasteiger partial charge in [-0.2, -0.15) is 0 Å². The average molecular weight is 369 g/mol. The predicted octanol–water partition coefficient (Wildman–Crippen LogP) is 2.58. The van der Waals surface area contributed by atoms with Crippen LogP contribution in [-0.4, -0.2) is 26.8 Å². The molecule has 0 saturated carbocycles. The van der Waals surface area contributed by atoms with Gasteiger partial charge in [0.1, 0.15) is 11.2 Å². The third kappa shape index (κ3) is 3.93. The Balaban J connectivity index is 1.79. The van der Waals surface area contributed by atoms with Crippen LogP contribution < -0.4 is 16.0 Å². The first kappa shape index (κ1) is 17.7. The average Bonchev–Trinajstić information content (AvgIpc) is 2.63. The van der Waals surface area contributed by atoms with Crippen molar-refractivity contribution < 1.29 is 4.79 Å². The molecule has 1 aromatic heterocycles. The van der Waals surface area contributed by atoms with Crippen LogP contribution in [0.15, 0.2) is 46.8 Å². The Hall–Kier alpha value is -3.10. The molecule has 0 bridgehead atoms. The summed E-state index contributed by atoms with van der Waals surface area (Å²) in [4.78, 5) is 27.7. The lowest BCUT2D eigenvalue weighted by atomic mass is 9.89. The Bertz CT molecular complexity index is 907. The van der Waals surface area contributed by atoms with Crippen LogP contribution in [0, 0.1) is 5.53 Å². The fourth-order valence-corrected chi connectivity index (χ4v) is 3.54. The van der Waals surface area contributed by atoms with Crippen molar-refractivity contribution in [2.24, 2.45) is 15.8 Å². The molecular formula is C16H17N8OS+. The number of nitrogens with one attached hydrogen (secondary N) is 2. The zero-order chi connectivity index (χ0) is 18.6. The first-order valence-electron chi connectivity index (χ1n) is 7.80. The molecule has 1 aliphatic heterocycles. The Morgan fingerprint density at radius 1 is 1.42 bits per heavy atom. The van der Waals surface area contributed by atoms with Gasteiger partial charge >= 0.3 is 0 Å². The monoisotopic (exact) mass is 369 g/mol. The van der Waals surface area contributed by atoms with Crippen molar-refractivity contribution in [3.05, 3.63) is 47.9 Å². The number of amides is 1. The molecule has 0 spiro atoms. The van der Waals surface area contributed by atoms with Gasteiger partial charge in [-0.25, -0.2) is 9.97 Å². The predicted molar refractivity (Wildman–Crippen MR) is 99.4 cm³/mol. The van der Waals surface area contributed by atoms with Crippen LogP contribution in [0.1, 0.15) is 29.4 Å². The van der Waals surface area contributed by atoms with E-state index in [0.717, 1.165) is 17.7 Å². The number of hydrogen-bond donors (Lipinski definition) is 3. The molecule has 1 amide bonds. The lowest BCUT2D eigenvalue weighted by Gasteiger charge is -2.30. The summed E-state index contributed by atoms with van der Waals surface area (Å²) >= 11 is 1.55. The van der Waals surface area contributed by atoms with Crippen LogP contribution in [0.5, 0.6) is 0 Å². The van der Waals surface area contributed by atoms with Gasteiger partial charge < -0.3 is 11.1 Å². The molecule has 2 aromatic rings. The molecule has 1 aromatic carbocycles. The highest BCUT2D eigenvalue weighted by molar-refractivity contribution is 8.13. The number of carbonyl (C=O) groups excluding carboxylic acids is 1. The van der Waals surface area contributed by atoms with E-state index in [1.807, 2.05) is 25.1 Å². The van der Waals surface area contributed by atoms with E-state index in [4.69, 9.17) is 11.3 Å². The van der Waals surface area contributed by atoms with Crippen molar-refractivity contribution in [2.45, 2.75) is 18.9 Å². The fourth-order valence-electron chi connectivity index (χ4n) is 2.56. The Kier molecular flexibility index (Phi) is 5.06. The Morgan fingerprint density at radius 3 is 2.96 bits per heavy atom. The zero-order valence-electron chi connectivity index (χ0n) is 14.0. The molecule has 1 unspecified atom stereocenters. The van der Waals surface area contributed by atoms with Crippen LogP contribution in [-0.2, 0) is 5.54 Å². The van der Waals surface area contributed by atoms with Crippen LogP contribution in [0.25, 0.3) is 0 Å². The van der Waals surface area contributed by atoms with E-state index >= 15 is 0 Å². The topological polar surface area (TPSA) is 144 Å². The summed E-state index contributed by atoms with van der Waals surface area (Å²) in [6.07, 6.45) is 3.43. The van der Waals surface area contributed by atoms with Gasteiger partial charge in [0.2, 0.25) is 4.91 Å². The van der Waals surface area contributed by atoms with Crippen molar-refractivity contribution in [1.29, 1.82) is 5.53 Å². The van der Waals surface area contributed by atoms with Gasteiger partial charge in [-0.1, -0.05) is 23.9 Å². The number of benzene rings is 1. The molecule has 9 nitrogen and oxygen atoms in total. The van der Waals surface area contributed by atoms with Gasteiger partial charge in [0.25, 0.3) is 11.7 Å². The maximum Gasteiger partial charge on any atom is 0.275 e. The van der Waals surface area contributed by atoms with Crippen molar-refractivity contribution in [3.63, 3.8) is 0 Å². The number of thioether (sulfide) groups is 1. The second kappa shape index (κ2) is 7.42. The molecular weight excluding hydrogens is 352 g/mol. The summed E-state index contributed by atoms with van der Waals surface area (Å²) in [6.45, 7) is 2.03. The number of aliphatic imine (C=N–C) groups is 1. The molecule has 1 aliphatic rings. The molecule has 4 N–H and O–H groups in total. The summed E-state index contributed by atoms with van der Waals surface area (Å²) in [6, 6.07) is 7.53. The van der Waals surface area contributed by atoms with Crippen LogP contribution >= 0.6 is 11.8 Å². The molecule has 0 radical (unpaired) electrons. The van der Waals surface area contributed by atoms with Gasteiger partial charge in [0.05, 0.1) is 17.9 Å². The molecule has 26 heavy (non-hydrogen) atoms. The summed E-state index contributed by atoms with van der Waals surface area (Å²) in [7, 11) is 0. The quantitative estimate of drug-likeness (QED) is 0.560. The van der Waals surface area contributed by atoms with Gasteiger partial charge in [0.15, 0.2) is 10.3 Å². The van der Waals surface area contributed by atoms with Crippen LogP contribution in [0.2, 0.25) is 0 Å². The summed E-state index contributed by atoms with van der Waals surface area (Å²) in [5, 5.41) is 6.81. The number of nitrogens with zero attached hydrogens (tertiary/aromatic N) is 5. The number of nitrogens with two attached hydrogens (primary N) is 1. The fraction of sp³-hybridized carbons (Fsp3) is 0.250. The normalized spacial score (nSPS) is 19.2. The summed E-state index contributed by atoms with van der Waals surface area (Å²) in [5.41, 5.74) is 13.9. The Morgan fingerprint density at radius 2 is 2.27 bits per heavy atom. The van der Waals surface area contributed by atoms with Gasteiger partial charge in [0, 0.05) is 11.4 Å². The van der Waals surface area contributed by atoms with Crippen molar-refractivity contribution >= 4 is 34.3 Å². The molecule has 1 atom stereocenters. The SMILES string of the molecule is CC1(c2cccc(NC(=O)c3cnc(N=[N+]=N)cn3)c2)CCSC(N)=N1. The van der Waals surface area contributed by atoms with Gasteiger partial charge in [-0.15, -0.1) is 0 Å². The lowest BCUT2D eigenvalue weighted by molar-refractivity contribution is 0.102. The van der Waals surface area contributed by atoms with Gasteiger partial charge in [-0.05, 0) is 31.0 Å². The number of rotatable bonds is 4. The second-order valence-electron chi connectivity index (χ2n) is 5.82. The minimum atomic E-state index is -0.404. The molecule has 3 rings (SSSR count). The smallest absolute Gasteiger partial charge is 0.275 e. The molecule has 10 heteroatoms. The van der Waals surface area contributed by atoms with E-state index in [0.29, 0.717) is 10.9 Å². The van der Waals surface area contributed by atoms with Crippen molar-refractivity contribution in [2.75, 3.05) is 11.1 Å². The minimum absolute atomic E-state index is 0.141. The standard InChI is InChI=1S/C16H16N8OS/c1-16(5-6-26-15(17)22-16)10-3-2-4-11(7-10)21-14(25)12-8-20-13(9-19-12)23-24-18/h2-4,7-9,18H,5-6H2,1H3,(H2-,17,21,22,25)/p+1. The largest absolute Gasteiger partial charge is 0.379 e.